The lowest BCUT2D eigenvalue weighted by atomic mass is 10.1. The Balaban J connectivity index is 1.11. The number of unbranched alkanes of at least 4 members (excludes halogenated alkanes) is 2. The van der Waals surface area contributed by atoms with Crippen LogP contribution in [0.2, 0.25) is 10.1 Å². The van der Waals surface area contributed by atoms with Crippen LogP contribution in [0.1, 0.15) is 58.2 Å². The minimum atomic E-state index is -2.93. The number of nitrogens with zero attached hydrogens (tertiary/aromatic N) is 2. The Labute approximate surface area is 321 Å². The van der Waals surface area contributed by atoms with Gasteiger partial charge in [0.15, 0.2) is 0 Å². The maximum atomic E-state index is 13.3. The van der Waals surface area contributed by atoms with Crippen molar-refractivity contribution < 1.29 is 14.0 Å². The van der Waals surface area contributed by atoms with Crippen LogP contribution in [0.4, 0.5) is 10.5 Å². The summed E-state index contributed by atoms with van der Waals surface area (Å²) in [6.45, 7) is 9.72. The fourth-order valence-corrected chi connectivity index (χ4v) is 12.1. The van der Waals surface area contributed by atoms with Gasteiger partial charge in [-0.05, 0) is 65.9 Å². The van der Waals surface area contributed by atoms with Crippen molar-refractivity contribution in [1.82, 2.24) is 25.2 Å². The zero-order chi connectivity index (χ0) is 38.3. The minimum absolute atomic E-state index is 0.179. The van der Waals surface area contributed by atoms with Gasteiger partial charge < -0.3 is 25.1 Å². The number of hydrogen-bond acceptors (Lipinski definition) is 7. The van der Waals surface area contributed by atoms with Crippen molar-refractivity contribution in [3.63, 3.8) is 0 Å². The molecule has 0 spiro atoms. The van der Waals surface area contributed by atoms with E-state index in [1.165, 1.54) is 10.8 Å². The molecule has 1 aliphatic heterocycles. The summed E-state index contributed by atoms with van der Waals surface area (Å²) in [6, 6.07) is 27.5. The van der Waals surface area contributed by atoms with Crippen molar-refractivity contribution in [3.8, 4) is 0 Å². The lowest BCUT2D eigenvalue weighted by Crippen LogP contribution is -2.67. The lowest BCUT2D eigenvalue weighted by Gasteiger charge is -2.43. The van der Waals surface area contributed by atoms with E-state index in [0.717, 1.165) is 52.8 Å². The molecule has 0 saturated carbocycles. The molecule has 3 heterocycles. The number of amides is 2. The number of anilines is 1. The van der Waals surface area contributed by atoms with Gasteiger partial charge in [0, 0.05) is 53.6 Å². The van der Waals surface area contributed by atoms with E-state index in [1.807, 2.05) is 60.7 Å². The molecule has 0 radical (unpaired) electrons. The number of H-pyrrole nitrogens is 1. The van der Waals surface area contributed by atoms with Gasteiger partial charge in [-0.25, -0.2) is 9.59 Å². The van der Waals surface area contributed by atoms with Gasteiger partial charge in [-0.2, -0.15) is 0 Å². The summed E-state index contributed by atoms with van der Waals surface area (Å²) in [5.74, 6) is 0. The van der Waals surface area contributed by atoms with Crippen LogP contribution in [-0.2, 0) is 9.16 Å². The Morgan fingerprint density at radius 2 is 1.67 bits per heavy atom. The zero-order valence-electron chi connectivity index (χ0n) is 31.2. The summed E-state index contributed by atoms with van der Waals surface area (Å²) in [7, 11) is -2.93. The molecule has 3 atom stereocenters. The van der Waals surface area contributed by atoms with Gasteiger partial charge in [-0.15, -0.1) is 0 Å². The first-order valence-corrected chi connectivity index (χ1v) is 20.8. The summed E-state index contributed by atoms with van der Waals surface area (Å²) >= 11 is 6.13. The van der Waals surface area contributed by atoms with Crippen molar-refractivity contribution in [3.05, 3.63) is 129 Å². The van der Waals surface area contributed by atoms with Crippen LogP contribution < -0.4 is 37.6 Å². The first-order valence-electron chi connectivity index (χ1n) is 18.5. The predicted octanol–water partition coefficient (Wildman–Crippen LogP) is 5.86. The summed E-state index contributed by atoms with van der Waals surface area (Å²) in [5.41, 5.74) is 1.24. The third-order valence-electron chi connectivity index (χ3n) is 10.0. The van der Waals surface area contributed by atoms with E-state index in [9.17, 15) is 14.4 Å². The standard InChI is InChI=1S/C41H49ClN6O5Si/c1-28-26-48(40(51)47-38(28)49)37-25-35(46-39(50)45-22-13-7-12-21-43-33-20-23-44-34-24-29(42)18-19-32(33)34)36(53-37)27-52-54(41(2,3)4,30-14-8-5-9-15-30)31-16-10-6-11-17-31/h5-6,8-11,14-20,23-24,26,35-37H,7,12-13,21-22,25,27H2,1-4H3,(H,43,44)(H2,45,46,50)(H,47,49,51)/t35-,36+,37+/m0/s1. The van der Waals surface area contributed by atoms with Crippen molar-refractivity contribution in [1.29, 1.82) is 0 Å². The van der Waals surface area contributed by atoms with Gasteiger partial charge in [0.1, 0.15) is 12.3 Å². The third kappa shape index (κ3) is 8.79. The Morgan fingerprint density at radius 1 is 0.981 bits per heavy atom. The van der Waals surface area contributed by atoms with Gasteiger partial charge in [0.25, 0.3) is 13.9 Å². The molecule has 1 aliphatic rings. The van der Waals surface area contributed by atoms with Crippen molar-refractivity contribution in [2.45, 2.75) is 76.8 Å². The molecule has 2 aromatic heterocycles. The second-order valence-electron chi connectivity index (χ2n) is 14.8. The molecule has 0 unspecified atom stereocenters. The maximum absolute atomic E-state index is 13.3. The second-order valence-corrected chi connectivity index (χ2v) is 19.6. The van der Waals surface area contributed by atoms with Crippen LogP contribution in [0.3, 0.4) is 0 Å². The van der Waals surface area contributed by atoms with E-state index in [1.54, 1.807) is 13.1 Å². The number of rotatable bonds is 14. The number of aromatic nitrogens is 3. The topological polar surface area (TPSA) is 139 Å². The molecule has 4 N–H and O–H groups in total. The average molecular weight is 769 g/mol. The Morgan fingerprint density at radius 3 is 2.35 bits per heavy atom. The summed E-state index contributed by atoms with van der Waals surface area (Å²) in [4.78, 5) is 45.2. The molecular weight excluding hydrogens is 720 g/mol. The van der Waals surface area contributed by atoms with Gasteiger partial charge >= 0.3 is 11.7 Å². The van der Waals surface area contributed by atoms with Crippen molar-refractivity contribution in [2.75, 3.05) is 25.0 Å². The van der Waals surface area contributed by atoms with E-state index < -0.39 is 37.9 Å². The molecule has 0 aliphatic carbocycles. The van der Waals surface area contributed by atoms with E-state index in [-0.39, 0.29) is 17.7 Å². The number of aryl methyl sites for hydroxylation is 1. The van der Waals surface area contributed by atoms with Gasteiger partial charge in [0.2, 0.25) is 0 Å². The maximum Gasteiger partial charge on any atom is 0.330 e. The van der Waals surface area contributed by atoms with Gasteiger partial charge in [0.05, 0.1) is 18.2 Å². The Bertz CT molecular complexity index is 2120. The zero-order valence-corrected chi connectivity index (χ0v) is 33.0. The minimum Gasteiger partial charge on any atom is -0.405 e. The number of hydrogen-bond donors (Lipinski definition) is 4. The van der Waals surface area contributed by atoms with Crippen LogP contribution in [0, 0.1) is 6.92 Å². The Hall–Kier alpha value is -4.75. The van der Waals surface area contributed by atoms with E-state index in [2.05, 4.69) is 71.0 Å². The highest BCUT2D eigenvalue weighted by atomic mass is 35.5. The molecule has 1 fully saturated rings. The number of benzene rings is 3. The number of carbonyl (C=O) groups is 1. The molecule has 2 amide bonds. The van der Waals surface area contributed by atoms with E-state index >= 15 is 0 Å². The molecule has 284 valence electrons. The first kappa shape index (κ1) is 39.0. The lowest BCUT2D eigenvalue weighted by molar-refractivity contribution is -0.0253. The smallest absolute Gasteiger partial charge is 0.330 e. The second kappa shape index (κ2) is 17.1. The highest BCUT2D eigenvalue weighted by molar-refractivity contribution is 6.99. The molecule has 13 heteroatoms. The Kier molecular flexibility index (Phi) is 12.4. The highest BCUT2D eigenvalue weighted by Crippen LogP contribution is 2.38. The van der Waals surface area contributed by atoms with Gasteiger partial charge in [-0.1, -0.05) is 93.0 Å². The molecule has 5 aromatic rings. The molecule has 6 rings (SSSR count). The van der Waals surface area contributed by atoms with Crippen molar-refractivity contribution >= 4 is 52.9 Å². The fraction of sp³-hybridized carbons (Fsp3) is 0.366. The molecule has 11 nitrogen and oxygen atoms in total. The number of aromatic amines is 1. The van der Waals surface area contributed by atoms with Crippen LogP contribution in [0.15, 0.2) is 107 Å². The monoisotopic (exact) mass is 768 g/mol. The van der Waals surface area contributed by atoms with Crippen LogP contribution >= 0.6 is 11.6 Å². The summed E-state index contributed by atoms with van der Waals surface area (Å²) < 4.78 is 15.1. The van der Waals surface area contributed by atoms with Crippen LogP contribution in [-0.4, -0.2) is 60.7 Å². The van der Waals surface area contributed by atoms with E-state index in [0.29, 0.717) is 23.6 Å². The number of fused-ring (bicyclic) bond motifs is 1. The molecule has 0 bridgehead atoms. The molecule has 54 heavy (non-hydrogen) atoms. The number of nitrogens with one attached hydrogen (secondary N) is 4. The normalized spacial score (nSPS) is 17.4. The summed E-state index contributed by atoms with van der Waals surface area (Å²) in [5, 5.41) is 13.3. The van der Waals surface area contributed by atoms with E-state index in [4.69, 9.17) is 20.8 Å². The fourth-order valence-electron chi connectivity index (χ4n) is 7.32. The average Bonchev–Trinajstić information content (AvgIpc) is 3.54. The summed E-state index contributed by atoms with van der Waals surface area (Å²) in [6.07, 6.45) is 4.95. The van der Waals surface area contributed by atoms with Crippen LogP contribution in [0.25, 0.3) is 10.9 Å². The van der Waals surface area contributed by atoms with Crippen molar-refractivity contribution in [2.24, 2.45) is 0 Å². The van der Waals surface area contributed by atoms with Crippen LogP contribution in [0.5, 0.6) is 0 Å². The third-order valence-corrected chi connectivity index (χ3v) is 15.3. The first-order chi connectivity index (χ1) is 26.0. The molecular formula is C41H49ClN6O5Si. The quantitative estimate of drug-likeness (QED) is 0.0820. The highest BCUT2D eigenvalue weighted by Gasteiger charge is 2.51. The largest absolute Gasteiger partial charge is 0.405 e. The predicted molar refractivity (Wildman–Crippen MR) is 218 cm³/mol. The number of ether oxygens (including phenoxy) is 1. The van der Waals surface area contributed by atoms with Gasteiger partial charge in [-0.3, -0.25) is 19.3 Å². The number of carbonyl (C=O) groups excluding carboxylic acids is 1. The molecule has 3 aromatic carbocycles. The number of halogens is 1. The number of pyridine rings is 1. The molecule has 1 saturated heterocycles. The SMILES string of the molecule is Cc1cn([C@H]2C[C@H](NC(=O)NCCCCCNc3ccnc4cc(Cl)ccc34)[C@@H](CO[Si](c3ccccc3)(c3ccccc3)C(C)(C)C)O2)c(=O)[nH]c1=O. The number of urea groups is 1.